The van der Waals surface area contributed by atoms with Gasteiger partial charge in [-0.1, -0.05) is 11.6 Å². The van der Waals surface area contributed by atoms with Gasteiger partial charge in [0.2, 0.25) is 5.91 Å². The van der Waals surface area contributed by atoms with Gasteiger partial charge in [0.15, 0.2) is 0 Å². The highest BCUT2D eigenvalue weighted by atomic mass is 35.5. The first-order valence-electron chi connectivity index (χ1n) is 8.13. The van der Waals surface area contributed by atoms with E-state index in [1.54, 1.807) is 11.8 Å². The second-order valence-corrected chi connectivity index (χ2v) is 7.78. The second-order valence-electron chi connectivity index (χ2n) is 6.17. The van der Waals surface area contributed by atoms with E-state index >= 15 is 0 Å². The van der Waals surface area contributed by atoms with E-state index < -0.39 is 0 Å². The Morgan fingerprint density at radius 3 is 2.82 bits per heavy atom. The number of carbonyl (C=O) groups excluding carboxylic acids is 1. The van der Waals surface area contributed by atoms with Crippen molar-refractivity contribution in [1.29, 1.82) is 0 Å². The maximum Gasteiger partial charge on any atom is 0.222 e. The summed E-state index contributed by atoms with van der Waals surface area (Å²) in [6.07, 6.45) is 5.22. The SMILES string of the molecule is O=C(CCCSc1ccc(Cl)cc1)N1CCC2CCC(C1)N2. The molecule has 0 spiro atoms. The number of likely N-dealkylation sites (tertiary alicyclic amines) is 1. The molecule has 0 aliphatic carbocycles. The van der Waals surface area contributed by atoms with Gasteiger partial charge in [0.25, 0.3) is 0 Å². The van der Waals surface area contributed by atoms with Crippen LogP contribution in [0, 0.1) is 0 Å². The average molecular weight is 339 g/mol. The first-order chi connectivity index (χ1) is 10.7. The Kier molecular flexibility index (Phi) is 5.66. The highest BCUT2D eigenvalue weighted by molar-refractivity contribution is 7.99. The predicted octanol–water partition coefficient (Wildman–Crippen LogP) is 3.57. The molecule has 1 aromatic rings. The van der Waals surface area contributed by atoms with E-state index in [1.165, 1.54) is 17.7 Å². The summed E-state index contributed by atoms with van der Waals surface area (Å²) in [5.74, 6) is 1.30. The standard InChI is InChI=1S/C17H23ClN2OS/c18-13-3-7-16(8-4-13)22-11-1-2-17(21)20-10-9-14-5-6-15(12-20)19-14/h3-4,7-8,14-15,19H,1-2,5-6,9-12H2. The zero-order valence-electron chi connectivity index (χ0n) is 12.8. The quantitative estimate of drug-likeness (QED) is 0.658. The maximum absolute atomic E-state index is 12.4. The molecule has 0 aromatic heterocycles. The normalized spacial score (nSPS) is 24.3. The van der Waals surface area contributed by atoms with Crippen molar-refractivity contribution in [1.82, 2.24) is 10.2 Å². The summed E-state index contributed by atoms with van der Waals surface area (Å²) in [6, 6.07) is 9.06. The molecule has 1 N–H and O–H groups in total. The average Bonchev–Trinajstić information content (AvgIpc) is 2.84. The zero-order chi connectivity index (χ0) is 15.4. The van der Waals surface area contributed by atoms with Crippen molar-refractivity contribution in [3.8, 4) is 0 Å². The smallest absolute Gasteiger partial charge is 0.222 e. The number of benzene rings is 1. The van der Waals surface area contributed by atoms with Crippen LogP contribution in [-0.2, 0) is 4.79 Å². The fraction of sp³-hybridized carbons (Fsp3) is 0.588. The van der Waals surface area contributed by atoms with Crippen LogP contribution in [0.4, 0.5) is 0 Å². The Balaban J connectivity index is 1.38. The van der Waals surface area contributed by atoms with Crippen molar-refractivity contribution in [3.63, 3.8) is 0 Å². The molecule has 2 unspecified atom stereocenters. The van der Waals surface area contributed by atoms with Gasteiger partial charge in [0, 0.05) is 41.5 Å². The van der Waals surface area contributed by atoms with Gasteiger partial charge in [-0.25, -0.2) is 0 Å². The monoisotopic (exact) mass is 338 g/mol. The molecule has 2 bridgehead atoms. The number of fused-ring (bicyclic) bond motifs is 2. The van der Waals surface area contributed by atoms with E-state index in [0.29, 0.717) is 24.4 Å². The number of carbonyl (C=O) groups is 1. The van der Waals surface area contributed by atoms with Gasteiger partial charge in [-0.2, -0.15) is 0 Å². The second kappa shape index (κ2) is 7.71. The molecule has 0 saturated carbocycles. The van der Waals surface area contributed by atoms with Crippen LogP contribution in [0.1, 0.15) is 32.1 Å². The van der Waals surface area contributed by atoms with Gasteiger partial charge in [-0.15, -0.1) is 11.8 Å². The van der Waals surface area contributed by atoms with Crippen LogP contribution in [0.2, 0.25) is 5.02 Å². The summed E-state index contributed by atoms with van der Waals surface area (Å²) in [4.78, 5) is 15.6. The molecule has 2 fully saturated rings. The molecule has 0 radical (unpaired) electrons. The number of nitrogens with one attached hydrogen (secondary N) is 1. The molecule has 1 amide bonds. The number of nitrogens with zero attached hydrogens (tertiary/aromatic N) is 1. The summed E-state index contributed by atoms with van der Waals surface area (Å²) < 4.78 is 0. The number of hydrogen-bond donors (Lipinski definition) is 1. The van der Waals surface area contributed by atoms with E-state index in [4.69, 9.17) is 11.6 Å². The van der Waals surface area contributed by atoms with Gasteiger partial charge in [0.05, 0.1) is 0 Å². The van der Waals surface area contributed by atoms with Crippen LogP contribution in [0.5, 0.6) is 0 Å². The molecule has 2 saturated heterocycles. The lowest BCUT2D eigenvalue weighted by Gasteiger charge is -2.24. The minimum Gasteiger partial charge on any atom is -0.341 e. The topological polar surface area (TPSA) is 32.3 Å². The van der Waals surface area contributed by atoms with E-state index in [1.807, 2.05) is 24.3 Å². The van der Waals surface area contributed by atoms with E-state index in [-0.39, 0.29) is 0 Å². The molecule has 2 atom stereocenters. The van der Waals surface area contributed by atoms with Gasteiger partial charge in [-0.05, 0) is 55.7 Å². The molecule has 5 heteroatoms. The molecule has 2 heterocycles. The van der Waals surface area contributed by atoms with Crippen molar-refractivity contribution in [2.24, 2.45) is 0 Å². The summed E-state index contributed by atoms with van der Waals surface area (Å²) >= 11 is 7.67. The van der Waals surface area contributed by atoms with Crippen molar-refractivity contribution < 1.29 is 4.79 Å². The van der Waals surface area contributed by atoms with Crippen LogP contribution in [0.15, 0.2) is 29.2 Å². The third-order valence-corrected chi connectivity index (χ3v) is 5.84. The lowest BCUT2D eigenvalue weighted by atomic mass is 10.1. The van der Waals surface area contributed by atoms with E-state index in [2.05, 4.69) is 10.2 Å². The molecule has 3 rings (SSSR count). The number of thioether (sulfide) groups is 1. The summed E-state index contributed by atoms with van der Waals surface area (Å²) in [5.41, 5.74) is 0. The fourth-order valence-electron chi connectivity index (χ4n) is 3.27. The van der Waals surface area contributed by atoms with Crippen molar-refractivity contribution in [2.45, 2.75) is 49.1 Å². The maximum atomic E-state index is 12.4. The summed E-state index contributed by atoms with van der Waals surface area (Å²) in [6.45, 7) is 1.83. The van der Waals surface area contributed by atoms with Gasteiger partial charge >= 0.3 is 0 Å². The Morgan fingerprint density at radius 1 is 1.23 bits per heavy atom. The highest BCUT2D eigenvalue weighted by Crippen LogP contribution is 2.23. The number of halogens is 1. The van der Waals surface area contributed by atoms with E-state index in [9.17, 15) is 4.79 Å². The Labute approximate surface area is 141 Å². The fourth-order valence-corrected chi connectivity index (χ4v) is 4.25. The molecule has 120 valence electrons. The molecule has 2 aliphatic rings. The van der Waals surface area contributed by atoms with Gasteiger partial charge < -0.3 is 10.2 Å². The third-order valence-electron chi connectivity index (χ3n) is 4.49. The number of hydrogen-bond acceptors (Lipinski definition) is 3. The molecular weight excluding hydrogens is 316 g/mol. The van der Waals surface area contributed by atoms with Gasteiger partial charge in [-0.3, -0.25) is 4.79 Å². The van der Waals surface area contributed by atoms with Gasteiger partial charge in [0.1, 0.15) is 0 Å². The first-order valence-corrected chi connectivity index (χ1v) is 9.49. The first kappa shape index (κ1) is 16.2. The van der Waals surface area contributed by atoms with Crippen LogP contribution in [0.3, 0.4) is 0 Å². The largest absolute Gasteiger partial charge is 0.341 e. The van der Waals surface area contributed by atoms with Crippen LogP contribution < -0.4 is 5.32 Å². The van der Waals surface area contributed by atoms with Crippen molar-refractivity contribution >= 4 is 29.3 Å². The molecule has 3 nitrogen and oxygen atoms in total. The number of rotatable bonds is 5. The Morgan fingerprint density at radius 2 is 2.00 bits per heavy atom. The molecule has 22 heavy (non-hydrogen) atoms. The Bertz CT molecular complexity index is 508. The number of amides is 1. The lowest BCUT2D eigenvalue weighted by molar-refractivity contribution is -0.131. The minimum absolute atomic E-state index is 0.325. The zero-order valence-corrected chi connectivity index (χ0v) is 14.3. The lowest BCUT2D eigenvalue weighted by Crippen LogP contribution is -2.38. The minimum atomic E-state index is 0.325. The molecular formula is C17H23ClN2OS. The van der Waals surface area contributed by atoms with Crippen molar-refractivity contribution in [3.05, 3.63) is 29.3 Å². The summed E-state index contributed by atoms with van der Waals surface area (Å²) in [5, 5.41) is 4.39. The summed E-state index contributed by atoms with van der Waals surface area (Å²) in [7, 11) is 0. The molecule has 1 aromatic carbocycles. The predicted molar refractivity (Wildman–Crippen MR) is 92.6 cm³/mol. The van der Waals surface area contributed by atoms with Crippen LogP contribution >= 0.6 is 23.4 Å². The molecule has 2 aliphatic heterocycles. The van der Waals surface area contributed by atoms with Crippen molar-refractivity contribution in [2.75, 3.05) is 18.8 Å². The van der Waals surface area contributed by atoms with Crippen LogP contribution in [0.25, 0.3) is 0 Å². The Hall–Kier alpha value is -0.710. The van der Waals surface area contributed by atoms with Crippen LogP contribution in [-0.4, -0.2) is 41.7 Å². The third kappa shape index (κ3) is 4.40. The van der Waals surface area contributed by atoms with E-state index in [0.717, 1.165) is 36.7 Å². The highest BCUT2D eigenvalue weighted by Gasteiger charge is 2.30.